The lowest BCUT2D eigenvalue weighted by atomic mass is 10.1. The van der Waals surface area contributed by atoms with Gasteiger partial charge in [-0.25, -0.2) is 4.39 Å². The molecule has 1 rings (SSSR count). The van der Waals surface area contributed by atoms with Crippen molar-refractivity contribution >= 4 is 17.3 Å². The molecule has 0 aromatic heterocycles. The van der Waals surface area contributed by atoms with E-state index >= 15 is 0 Å². The minimum Gasteiger partial charge on any atom is -0.396 e. The molecule has 3 heteroatoms. The minimum absolute atomic E-state index is 0.169. The van der Waals surface area contributed by atoms with E-state index in [-0.39, 0.29) is 5.69 Å². The molecular formula is C9H11ClFN. The van der Waals surface area contributed by atoms with E-state index in [0.29, 0.717) is 5.02 Å². The molecule has 0 atom stereocenters. The van der Waals surface area contributed by atoms with Gasteiger partial charge in [-0.2, -0.15) is 0 Å². The lowest BCUT2D eigenvalue weighted by molar-refractivity contribution is 0.631. The van der Waals surface area contributed by atoms with Gasteiger partial charge in [0.15, 0.2) is 0 Å². The normalized spacial score (nSPS) is 10.2. The summed E-state index contributed by atoms with van der Waals surface area (Å²) in [5.74, 6) is -0.445. The van der Waals surface area contributed by atoms with Crippen LogP contribution in [0, 0.1) is 5.82 Å². The Bertz CT molecular complexity index is 286. The van der Waals surface area contributed by atoms with Crippen LogP contribution in [0.5, 0.6) is 0 Å². The van der Waals surface area contributed by atoms with E-state index in [2.05, 4.69) is 0 Å². The van der Waals surface area contributed by atoms with Crippen molar-refractivity contribution in [1.29, 1.82) is 0 Å². The maximum absolute atomic E-state index is 12.8. The largest absolute Gasteiger partial charge is 0.396 e. The predicted octanol–water partition coefficient (Wildman–Crippen LogP) is 3.01. The molecule has 66 valence electrons. The Kier molecular flexibility index (Phi) is 2.93. The molecule has 0 bridgehead atoms. The summed E-state index contributed by atoms with van der Waals surface area (Å²) >= 11 is 5.78. The monoisotopic (exact) mass is 187 g/mol. The first-order valence-electron chi connectivity index (χ1n) is 3.88. The van der Waals surface area contributed by atoms with E-state index in [4.69, 9.17) is 17.3 Å². The van der Waals surface area contributed by atoms with Crippen LogP contribution in [0.15, 0.2) is 12.1 Å². The zero-order valence-electron chi connectivity index (χ0n) is 6.90. The van der Waals surface area contributed by atoms with Gasteiger partial charge in [-0.1, -0.05) is 24.9 Å². The molecule has 1 nitrogen and oxygen atoms in total. The molecule has 0 unspecified atom stereocenters. The first-order valence-corrected chi connectivity index (χ1v) is 4.26. The van der Waals surface area contributed by atoms with Crippen LogP contribution in [0.4, 0.5) is 10.1 Å². The molecule has 1 aromatic rings. The van der Waals surface area contributed by atoms with Crippen molar-refractivity contribution in [3.63, 3.8) is 0 Å². The predicted molar refractivity (Wildman–Crippen MR) is 49.8 cm³/mol. The summed E-state index contributed by atoms with van der Waals surface area (Å²) in [6.45, 7) is 2.04. The molecule has 0 saturated heterocycles. The average molecular weight is 188 g/mol. The molecule has 0 radical (unpaired) electrons. The number of rotatable bonds is 2. The third-order valence-electron chi connectivity index (χ3n) is 1.69. The number of anilines is 1. The lowest BCUT2D eigenvalue weighted by Gasteiger charge is -2.04. The van der Waals surface area contributed by atoms with Crippen LogP contribution in [0.25, 0.3) is 0 Å². The van der Waals surface area contributed by atoms with Crippen LogP contribution in [0.3, 0.4) is 0 Å². The molecular weight excluding hydrogens is 177 g/mol. The number of nitrogens with two attached hydrogens (primary N) is 1. The Morgan fingerprint density at radius 2 is 2.17 bits per heavy atom. The van der Waals surface area contributed by atoms with Crippen molar-refractivity contribution in [2.24, 2.45) is 0 Å². The molecule has 0 heterocycles. The van der Waals surface area contributed by atoms with Crippen molar-refractivity contribution in [3.05, 3.63) is 28.5 Å². The Labute approximate surface area is 76.3 Å². The van der Waals surface area contributed by atoms with Crippen molar-refractivity contribution in [3.8, 4) is 0 Å². The second kappa shape index (κ2) is 3.76. The van der Waals surface area contributed by atoms with Gasteiger partial charge in [0.05, 0.1) is 5.69 Å². The van der Waals surface area contributed by atoms with Gasteiger partial charge in [-0.15, -0.1) is 0 Å². The SMILES string of the molecule is CCCc1cc(N)c(F)cc1Cl. The number of nitrogen functional groups attached to an aromatic ring is 1. The third kappa shape index (κ3) is 1.89. The highest BCUT2D eigenvalue weighted by molar-refractivity contribution is 6.31. The molecule has 0 amide bonds. The highest BCUT2D eigenvalue weighted by atomic mass is 35.5. The fraction of sp³-hybridized carbons (Fsp3) is 0.333. The van der Waals surface area contributed by atoms with Crippen LogP contribution in [0.2, 0.25) is 5.02 Å². The zero-order chi connectivity index (χ0) is 9.14. The highest BCUT2D eigenvalue weighted by Crippen LogP contribution is 2.23. The molecule has 2 N–H and O–H groups in total. The number of hydrogen-bond donors (Lipinski definition) is 1. The van der Waals surface area contributed by atoms with E-state index in [1.54, 1.807) is 6.07 Å². The van der Waals surface area contributed by atoms with Crippen molar-refractivity contribution < 1.29 is 4.39 Å². The van der Waals surface area contributed by atoms with Crippen LogP contribution in [-0.2, 0) is 6.42 Å². The lowest BCUT2D eigenvalue weighted by Crippen LogP contribution is -1.94. The van der Waals surface area contributed by atoms with E-state index in [1.807, 2.05) is 6.92 Å². The van der Waals surface area contributed by atoms with Crippen LogP contribution >= 0.6 is 11.6 Å². The van der Waals surface area contributed by atoms with E-state index in [1.165, 1.54) is 6.07 Å². The van der Waals surface area contributed by atoms with Crippen LogP contribution in [-0.4, -0.2) is 0 Å². The van der Waals surface area contributed by atoms with Gasteiger partial charge in [-0.3, -0.25) is 0 Å². The number of aryl methyl sites for hydroxylation is 1. The van der Waals surface area contributed by atoms with Crippen molar-refractivity contribution in [2.75, 3.05) is 5.73 Å². The van der Waals surface area contributed by atoms with Gasteiger partial charge in [0, 0.05) is 5.02 Å². The molecule has 0 aliphatic heterocycles. The topological polar surface area (TPSA) is 26.0 Å². The van der Waals surface area contributed by atoms with Gasteiger partial charge in [0.25, 0.3) is 0 Å². The average Bonchev–Trinajstić information content (AvgIpc) is 2.01. The summed E-state index contributed by atoms with van der Waals surface area (Å²) in [5, 5.41) is 0.462. The molecule has 0 spiro atoms. The van der Waals surface area contributed by atoms with E-state index < -0.39 is 5.82 Å². The van der Waals surface area contributed by atoms with E-state index in [9.17, 15) is 4.39 Å². The molecule has 0 aliphatic carbocycles. The minimum atomic E-state index is -0.445. The van der Waals surface area contributed by atoms with Gasteiger partial charge in [-0.05, 0) is 24.1 Å². The van der Waals surface area contributed by atoms with Gasteiger partial charge >= 0.3 is 0 Å². The quantitative estimate of drug-likeness (QED) is 0.708. The fourth-order valence-electron chi connectivity index (χ4n) is 1.07. The van der Waals surface area contributed by atoms with E-state index in [0.717, 1.165) is 18.4 Å². The number of benzene rings is 1. The first-order chi connectivity index (χ1) is 5.65. The Morgan fingerprint density at radius 3 is 2.75 bits per heavy atom. The Hall–Kier alpha value is -0.760. The maximum atomic E-state index is 12.8. The molecule has 0 fully saturated rings. The van der Waals surface area contributed by atoms with Crippen LogP contribution < -0.4 is 5.73 Å². The molecule has 12 heavy (non-hydrogen) atoms. The summed E-state index contributed by atoms with van der Waals surface area (Å²) in [5.41, 5.74) is 6.47. The summed E-state index contributed by atoms with van der Waals surface area (Å²) in [6.07, 6.45) is 1.81. The smallest absolute Gasteiger partial charge is 0.147 e. The number of halogens is 2. The third-order valence-corrected chi connectivity index (χ3v) is 2.04. The van der Waals surface area contributed by atoms with Gasteiger partial charge in [0.2, 0.25) is 0 Å². The Morgan fingerprint density at radius 1 is 1.50 bits per heavy atom. The summed E-state index contributed by atoms with van der Waals surface area (Å²) < 4.78 is 12.8. The standard InChI is InChI=1S/C9H11ClFN/c1-2-3-6-4-9(12)8(11)5-7(6)10/h4-5H,2-3,12H2,1H3. The molecule has 0 aliphatic rings. The van der Waals surface area contributed by atoms with Gasteiger partial charge < -0.3 is 5.73 Å². The number of hydrogen-bond acceptors (Lipinski definition) is 1. The summed E-state index contributed by atoms with van der Waals surface area (Å²) in [6, 6.07) is 2.86. The van der Waals surface area contributed by atoms with Crippen molar-refractivity contribution in [1.82, 2.24) is 0 Å². The molecule has 0 saturated carbocycles. The summed E-state index contributed by atoms with van der Waals surface area (Å²) in [4.78, 5) is 0. The Balaban J connectivity index is 3.05. The molecule has 1 aromatic carbocycles. The second-order valence-corrected chi connectivity index (χ2v) is 3.12. The highest BCUT2D eigenvalue weighted by Gasteiger charge is 2.04. The van der Waals surface area contributed by atoms with Crippen LogP contribution in [0.1, 0.15) is 18.9 Å². The zero-order valence-corrected chi connectivity index (χ0v) is 7.66. The van der Waals surface area contributed by atoms with Crippen molar-refractivity contribution in [2.45, 2.75) is 19.8 Å². The maximum Gasteiger partial charge on any atom is 0.147 e. The second-order valence-electron chi connectivity index (χ2n) is 2.72. The van der Waals surface area contributed by atoms with Gasteiger partial charge in [0.1, 0.15) is 5.82 Å². The first kappa shape index (κ1) is 9.33. The summed E-state index contributed by atoms with van der Waals surface area (Å²) in [7, 11) is 0. The fourth-order valence-corrected chi connectivity index (χ4v) is 1.32.